The number of benzene rings is 1. The zero-order chi connectivity index (χ0) is 17.6. The number of fused-ring (bicyclic) bond motifs is 1. The lowest BCUT2D eigenvalue weighted by atomic mass is 10.2. The van der Waals surface area contributed by atoms with Crippen molar-refractivity contribution in [3.05, 3.63) is 44.9 Å². The average Bonchev–Trinajstić information content (AvgIpc) is 3.03. The number of aryl methyl sites for hydroxylation is 1. The highest BCUT2D eigenvalue weighted by molar-refractivity contribution is 7.22. The van der Waals surface area contributed by atoms with E-state index in [1.807, 2.05) is 0 Å². The van der Waals surface area contributed by atoms with Crippen molar-refractivity contribution in [1.29, 1.82) is 0 Å². The van der Waals surface area contributed by atoms with Crippen molar-refractivity contribution in [1.82, 2.24) is 9.97 Å². The van der Waals surface area contributed by atoms with E-state index >= 15 is 0 Å². The Hall–Kier alpha value is -2.16. The Balaban J connectivity index is 1.95. The van der Waals surface area contributed by atoms with E-state index in [0.29, 0.717) is 10.4 Å². The number of nitrogens with one attached hydrogen (secondary N) is 2. The molecule has 3 aromatic rings. The Morgan fingerprint density at radius 1 is 1.33 bits per heavy atom. The first-order valence-corrected chi connectivity index (χ1v) is 8.03. The molecule has 0 aliphatic heterocycles. The summed E-state index contributed by atoms with van der Waals surface area (Å²) in [7, 11) is 0. The van der Waals surface area contributed by atoms with Crippen LogP contribution in [0.4, 0.5) is 9.52 Å². The van der Waals surface area contributed by atoms with Crippen LogP contribution < -0.4 is 5.32 Å². The van der Waals surface area contributed by atoms with Crippen molar-refractivity contribution < 1.29 is 19.1 Å². The van der Waals surface area contributed by atoms with Gasteiger partial charge in [-0.05, 0) is 19.1 Å². The number of carbonyl (C=O) groups excluding carboxylic acids is 1. The third kappa shape index (κ3) is 2.83. The van der Waals surface area contributed by atoms with E-state index in [2.05, 4.69) is 15.3 Å². The van der Waals surface area contributed by atoms with E-state index in [1.54, 1.807) is 6.92 Å². The molecule has 0 bridgehead atoms. The van der Waals surface area contributed by atoms with Gasteiger partial charge in [-0.3, -0.25) is 10.1 Å². The lowest BCUT2D eigenvalue weighted by molar-refractivity contribution is 0.0696. The molecule has 0 aliphatic rings. The van der Waals surface area contributed by atoms with E-state index in [0.717, 1.165) is 17.4 Å². The number of carboxylic acids is 1. The number of hydrogen-bond acceptors (Lipinski definition) is 4. The number of hydrogen-bond donors (Lipinski definition) is 3. The number of aromatic carboxylic acids is 1. The molecule has 0 spiro atoms. The molecule has 0 radical (unpaired) electrons. The predicted octanol–water partition coefficient (Wildman–Crippen LogP) is 4.33. The molecule has 0 saturated carbocycles. The van der Waals surface area contributed by atoms with Crippen molar-refractivity contribution in [2.45, 2.75) is 6.92 Å². The zero-order valence-electron chi connectivity index (χ0n) is 11.9. The van der Waals surface area contributed by atoms with Crippen LogP contribution in [0.1, 0.15) is 26.5 Å². The molecular weight excluding hydrogens is 380 g/mol. The molecule has 0 fully saturated rings. The lowest BCUT2D eigenvalue weighted by Gasteiger charge is -1.99. The van der Waals surface area contributed by atoms with Gasteiger partial charge in [0.15, 0.2) is 10.9 Å². The predicted molar refractivity (Wildman–Crippen MR) is 90.0 cm³/mol. The molecule has 0 aliphatic carbocycles. The second-order valence-electron chi connectivity index (χ2n) is 4.84. The minimum Gasteiger partial charge on any atom is -0.478 e. The normalized spacial score (nSPS) is 11.0. The summed E-state index contributed by atoms with van der Waals surface area (Å²) in [6, 6.07) is 2.16. The largest absolute Gasteiger partial charge is 0.478 e. The van der Waals surface area contributed by atoms with Crippen LogP contribution in [0.15, 0.2) is 12.1 Å². The van der Waals surface area contributed by atoms with Crippen LogP contribution in [0.25, 0.3) is 10.2 Å². The van der Waals surface area contributed by atoms with Crippen molar-refractivity contribution in [2.24, 2.45) is 0 Å². The molecule has 2 aromatic heterocycles. The second kappa shape index (κ2) is 6.04. The number of anilines is 1. The van der Waals surface area contributed by atoms with Gasteiger partial charge in [-0.15, -0.1) is 0 Å². The van der Waals surface area contributed by atoms with Gasteiger partial charge in [0, 0.05) is 5.69 Å². The van der Waals surface area contributed by atoms with Gasteiger partial charge < -0.3 is 10.1 Å². The first-order valence-electron chi connectivity index (χ1n) is 6.46. The van der Waals surface area contributed by atoms with Crippen LogP contribution in [0, 0.1) is 12.7 Å². The number of aromatic nitrogens is 2. The minimum absolute atomic E-state index is 0.0212. The number of thiazole rings is 1. The van der Waals surface area contributed by atoms with Gasteiger partial charge in [-0.2, -0.15) is 0 Å². The minimum atomic E-state index is -1.25. The van der Waals surface area contributed by atoms with Crippen molar-refractivity contribution in [2.75, 3.05) is 5.32 Å². The average molecular weight is 388 g/mol. The number of halogens is 3. The van der Waals surface area contributed by atoms with Crippen LogP contribution in [0.5, 0.6) is 0 Å². The molecule has 3 N–H and O–H groups in total. The smallest absolute Gasteiger partial charge is 0.335 e. The summed E-state index contributed by atoms with van der Waals surface area (Å²) in [6.45, 7) is 1.66. The molecule has 2 heterocycles. The first-order chi connectivity index (χ1) is 11.3. The summed E-state index contributed by atoms with van der Waals surface area (Å²) in [5, 5.41) is 11.9. The Morgan fingerprint density at radius 2 is 2.04 bits per heavy atom. The number of rotatable bonds is 3. The molecule has 1 amide bonds. The van der Waals surface area contributed by atoms with Gasteiger partial charge in [0.25, 0.3) is 5.91 Å². The highest BCUT2D eigenvalue weighted by Gasteiger charge is 2.20. The maximum absolute atomic E-state index is 13.9. The number of H-pyrrole nitrogens is 1. The van der Waals surface area contributed by atoms with E-state index in [1.165, 1.54) is 6.07 Å². The topological polar surface area (TPSA) is 95.1 Å². The van der Waals surface area contributed by atoms with Crippen molar-refractivity contribution >= 4 is 61.8 Å². The van der Waals surface area contributed by atoms with Crippen molar-refractivity contribution in [3.63, 3.8) is 0 Å². The number of nitrogens with zero attached hydrogens (tertiary/aromatic N) is 1. The third-order valence-corrected chi connectivity index (χ3v) is 5.06. The molecule has 124 valence electrons. The fraction of sp³-hybridized carbons (Fsp3) is 0.0714. The molecule has 0 atom stereocenters. The third-order valence-electron chi connectivity index (χ3n) is 3.20. The van der Waals surface area contributed by atoms with Gasteiger partial charge in [-0.1, -0.05) is 34.5 Å². The van der Waals surface area contributed by atoms with E-state index < -0.39 is 17.7 Å². The monoisotopic (exact) mass is 387 g/mol. The number of aromatic amines is 1. The maximum atomic E-state index is 13.9. The SMILES string of the molecule is Cc1[nH]c(C(=O)Nc2nc3c(F)cc(C(=O)O)cc3s2)c(Cl)c1Cl. The maximum Gasteiger partial charge on any atom is 0.335 e. The van der Waals surface area contributed by atoms with Crippen LogP contribution in [-0.2, 0) is 0 Å². The summed E-state index contributed by atoms with van der Waals surface area (Å²) in [6.07, 6.45) is 0. The fourth-order valence-corrected chi connectivity index (χ4v) is 3.38. The van der Waals surface area contributed by atoms with Crippen LogP contribution in [-0.4, -0.2) is 27.0 Å². The molecule has 0 unspecified atom stereocenters. The van der Waals surface area contributed by atoms with Gasteiger partial charge in [0.1, 0.15) is 11.2 Å². The summed E-state index contributed by atoms with van der Waals surface area (Å²) >= 11 is 12.8. The molecule has 6 nitrogen and oxygen atoms in total. The van der Waals surface area contributed by atoms with E-state index in [9.17, 15) is 14.0 Å². The van der Waals surface area contributed by atoms with Gasteiger partial charge in [0.2, 0.25) is 0 Å². The van der Waals surface area contributed by atoms with E-state index in [-0.39, 0.29) is 32.0 Å². The summed E-state index contributed by atoms with van der Waals surface area (Å²) in [5.41, 5.74) is 0.377. The number of carboxylic acid groups (broad SMARTS) is 1. The highest BCUT2D eigenvalue weighted by Crippen LogP contribution is 2.32. The van der Waals surface area contributed by atoms with Crippen LogP contribution >= 0.6 is 34.5 Å². The second-order valence-corrected chi connectivity index (χ2v) is 6.62. The summed E-state index contributed by atoms with van der Waals surface area (Å²) < 4.78 is 14.2. The number of amides is 1. The van der Waals surface area contributed by atoms with Crippen LogP contribution in [0.3, 0.4) is 0 Å². The van der Waals surface area contributed by atoms with Crippen molar-refractivity contribution in [3.8, 4) is 0 Å². The molecular formula is C14H8Cl2FN3O3S. The Bertz CT molecular complexity index is 999. The Labute approximate surface area is 148 Å². The molecule has 24 heavy (non-hydrogen) atoms. The van der Waals surface area contributed by atoms with Gasteiger partial charge in [-0.25, -0.2) is 14.2 Å². The molecule has 10 heteroatoms. The Morgan fingerprint density at radius 3 is 2.62 bits per heavy atom. The summed E-state index contributed by atoms with van der Waals surface area (Å²) in [4.78, 5) is 29.9. The van der Waals surface area contributed by atoms with E-state index in [4.69, 9.17) is 28.3 Å². The highest BCUT2D eigenvalue weighted by atomic mass is 35.5. The first kappa shape index (κ1) is 16.7. The van der Waals surface area contributed by atoms with Gasteiger partial charge >= 0.3 is 5.97 Å². The molecule has 0 saturated heterocycles. The summed E-state index contributed by atoms with van der Waals surface area (Å²) in [5.74, 6) is -2.62. The quantitative estimate of drug-likeness (QED) is 0.623. The van der Waals surface area contributed by atoms with Gasteiger partial charge in [0.05, 0.1) is 20.3 Å². The Kier molecular flexibility index (Phi) is 4.20. The lowest BCUT2D eigenvalue weighted by Crippen LogP contribution is -2.12. The fourth-order valence-electron chi connectivity index (χ4n) is 2.05. The number of carbonyl (C=O) groups is 2. The molecule has 3 rings (SSSR count). The zero-order valence-corrected chi connectivity index (χ0v) is 14.2. The standard InChI is InChI=1S/C14H8Cl2FN3O3S/c1-4-8(15)9(16)11(18-4)12(21)20-14-19-10-6(17)2-5(13(22)23)3-7(10)24-14/h2-3,18H,1H3,(H,22,23)(H,19,20,21). The molecule has 1 aromatic carbocycles. The van der Waals surface area contributed by atoms with Crippen LogP contribution in [0.2, 0.25) is 10.0 Å².